The number of nitrogens with zero attached hydrogens (tertiary/aromatic N) is 3. The number of rotatable bonds is 6. The average Bonchev–Trinajstić information content (AvgIpc) is 3.15. The molecule has 0 N–H and O–H groups in total. The second kappa shape index (κ2) is 12.1. The molecule has 8 aromatic rings. The molecule has 0 radical (unpaired) electrons. The Bertz CT molecular complexity index is 2290. The van der Waals surface area contributed by atoms with E-state index >= 15 is 0 Å². The minimum absolute atomic E-state index is 0.692. The van der Waals surface area contributed by atoms with Gasteiger partial charge in [-0.3, -0.25) is 4.98 Å². The van der Waals surface area contributed by atoms with Crippen molar-refractivity contribution in [3.8, 4) is 67.3 Å². The van der Waals surface area contributed by atoms with Crippen LogP contribution in [0.2, 0.25) is 0 Å². The predicted octanol–water partition coefficient (Wildman–Crippen LogP) is 11.0. The van der Waals surface area contributed by atoms with Gasteiger partial charge in [-0.2, -0.15) is 0 Å². The highest BCUT2D eigenvalue weighted by Gasteiger charge is 2.13. The minimum atomic E-state index is 0.692. The van der Waals surface area contributed by atoms with Gasteiger partial charge in [0.2, 0.25) is 0 Å². The quantitative estimate of drug-likeness (QED) is 0.194. The van der Waals surface area contributed by atoms with Crippen molar-refractivity contribution in [1.29, 1.82) is 0 Å². The predicted molar refractivity (Wildman–Crippen MR) is 190 cm³/mol. The second-order valence-electron chi connectivity index (χ2n) is 11.4. The van der Waals surface area contributed by atoms with Crippen LogP contribution >= 0.6 is 0 Å². The van der Waals surface area contributed by atoms with E-state index in [-0.39, 0.29) is 0 Å². The van der Waals surface area contributed by atoms with Crippen LogP contribution in [0.3, 0.4) is 0 Å². The third-order valence-corrected chi connectivity index (χ3v) is 8.37. The summed E-state index contributed by atoms with van der Waals surface area (Å²) >= 11 is 0. The Hall–Kier alpha value is -6.19. The van der Waals surface area contributed by atoms with Gasteiger partial charge < -0.3 is 0 Å². The highest BCUT2D eigenvalue weighted by molar-refractivity contribution is 5.88. The first-order valence-electron chi connectivity index (χ1n) is 15.4. The van der Waals surface area contributed by atoms with Crippen molar-refractivity contribution >= 4 is 10.8 Å². The maximum Gasteiger partial charge on any atom is 0.160 e. The Morgan fingerprint density at radius 2 is 0.848 bits per heavy atom. The Morgan fingerprint density at radius 3 is 1.63 bits per heavy atom. The first kappa shape index (κ1) is 27.4. The lowest BCUT2D eigenvalue weighted by Crippen LogP contribution is -1.96. The third-order valence-electron chi connectivity index (χ3n) is 8.37. The first-order chi connectivity index (χ1) is 22.8. The summed E-state index contributed by atoms with van der Waals surface area (Å²) < 4.78 is 0. The van der Waals surface area contributed by atoms with Crippen molar-refractivity contribution in [2.45, 2.75) is 0 Å². The Kier molecular flexibility index (Phi) is 7.18. The van der Waals surface area contributed by atoms with Crippen molar-refractivity contribution in [2.24, 2.45) is 0 Å². The molecule has 3 heteroatoms. The van der Waals surface area contributed by atoms with Gasteiger partial charge in [-0.1, -0.05) is 133 Å². The molecule has 0 saturated heterocycles. The zero-order chi connectivity index (χ0) is 30.7. The minimum Gasteiger partial charge on any atom is -0.264 e. The fourth-order valence-electron chi connectivity index (χ4n) is 5.93. The molecule has 0 spiro atoms. The van der Waals surface area contributed by atoms with Crippen LogP contribution in [0.4, 0.5) is 0 Å². The second-order valence-corrected chi connectivity index (χ2v) is 11.4. The Balaban J connectivity index is 1.24. The monoisotopic (exact) mass is 587 g/mol. The van der Waals surface area contributed by atoms with Crippen LogP contribution in [0.5, 0.6) is 0 Å². The van der Waals surface area contributed by atoms with E-state index in [0.29, 0.717) is 5.82 Å². The maximum absolute atomic E-state index is 5.16. The smallest absolute Gasteiger partial charge is 0.160 e. The van der Waals surface area contributed by atoms with Crippen LogP contribution in [-0.2, 0) is 0 Å². The molecule has 8 rings (SSSR count). The molecular formula is C43H29N3. The SMILES string of the molecule is c1ccc(-c2cccc(-c3nc(-c4ccc(-c5cccnc5)cc4)cc(-c4cccc(-c5ccc6ccccc6c5)c4)n3)c2)cc1. The molecule has 6 aromatic carbocycles. The fourth-order valence-corrected chi connectivity index (χ4v) is 5.93. The van der Waals surface area contributed by atoms with Crippen LogP contribution in [0.1, 0.15) is 0 Å². The van der Waals surface area contributed by atoms with Crippen molar-refractivity contribution < 1.29 is 0 Å². The van der Waals surface area contributed by atoms with Crippen molar-refractivity contribution in [3.63, 3.8) is 0 Å². The Labute approximate surface area is 268 Å². The molecule has 0 saturated carbocycles. The lowest BCUT2D eigenvalue weighted by atomic mass is 9.98. The molecule has 0 aliphatic rings. The maximum atomic E-state index is 5.16. The van der Waals surface area contributed by atoms with E-state index in [1.165, 1.54) is 16.3 Å². The molecular weight excluding hydrogens is 558 g/mol. The molecule has 3 nitrogen and oxygen atoms in total. The van der Waals surface area contributed by atoms with Gasteiger partial charge in [0.15, 0.2) is 5.82 Å². The number of aromatic nitrogens is 3. The average molecular weight is 588 g/mol. The fraction of sp³-hybridized carbons (Fsp3) is 0. The van der Waals surface area contributed by atoms with Crippen LogP contribution < -0.4 is 0 Å². The summed E-state index contributed by atoms with van der Waals surface area (Å²) in [6, 6.07) is 57.3. The molecule has 0 fully saturated rings. The standard InChI is InChI=1S/C43H29N3/c1-2-9-30(10-3-1)35-13-7-16-39(27-35)43-45-41(33-21-18-32(19-22-33)40-17-8-24-44-29-40)28-42(46-43)38-15-6-14-36(26-38)37-23-20-31-11-4-5-12-34(31)25-37/h1-29H. The molecule has 0 unspecified atom stereocenters. The number of hydrogen-bond donors (Lipinski definition) is 0. The van der Waals surface area contributed by atoms with E-state index in [1.807, 2.05) is 18.3 Å². The summed E-state index contributed by atoms with van der Waals surface area (Å²) in [5.41, 5.74) is 11.6. The van der Waals surface area contributed by atoms with Gasteiger partial charge in [0.05, 0.1) is 11.4 Å². The van der Waals surface area contributed by atoms with Gasteiger partial charge in [-0.05, 0) is 74.5 Å². The molecule has 0 bridgehead atoms. The zero-order valence-electron chi connectivity index (χ0n) is 25.1. The van der Waals surface area contributed by atoms with Crippen LogP contribution in [0, 0.1) is 0 Å². The van der Waals surface area contributed by atoms with Gasteiger partial charge in [-0.15, -0.1) is 0 Å². The first-order valence-corrected chi connectivity index (χ1v) is 15.4. The third kappa shape index (κ3) is 5.58. The van der Waals surface area contributed by atoms with E-state index in [9.17, 15) is 0 Å². The number of fused-ring (bicyclic) bond motifs is 1. The summed E-state index contributed by atoms with van der Waals surface area (Å²) in [5.74, 6) is 0.692. The highest BCUT2D eigenvalue weighted by Crippen LogP contribution is 2.33. The molecule has 0 atom stereocenters. The van der Waals surface area contributed by atoms with Crippen molar-refractivity contribution in [2.75, 3.05) is 0 Å². The summed E-state index contributed by atoms with van der Waals surface area (Å²) in [6.07, 6.45) is 3.68. The van der Waals surface area contributed by atoms with Crippen LogP contribution in [0.15, 0.2) is 176 Å². The van der Waals surface area contributed by atoms with E-state index in [4.69, 9.17) is 9.97 Å². The number of pyridine rings is 1. The highest BCUT2D eigenvalue weighted by atomic mass is 14.9. The summed E-state index contributed by atoms with van der Waals surface area (Å²) in [4.78, 5) is 14.6. The summed E-state index contributed by atoms with van der Waals surface area (Å²) in [5, 5.41) is 2.46. The van der Waals surface area contributed by atoms with E-state index in [2.05, 4.69) is 157 Å². The van der Waals surface area contributed by atoms with E-state index < -0.39 is 0 Å². The van der Waals surface area contributed by atoms with E-state index in [1.54, 1.807) is 6.20 Å². The normalized spacial score (nSPS) is 11.0. The van der Waals surface area contributed by atoms with Gasteiger partial charge in [0.1, 0.15) is 0 Å². The largest absolute Gasteiger partial charge is 0.264 e. The van der Waals surface area contributed by atoms with Gasteiger partial charge >= 0.3 is 0 Å². The molecule has 2 aromatic heterocycles. The van der Waals surface area contributed by atoms with Crippen molar-refractivity contribution in [1.82, 2.24) is 15.0 Å². The van der Waals surface area contributed by atoms with Gasteiger partial charge in [0, 0.05) is 29.1 Å². The van der Waals surface area contributed by atoms with Gasteiger partial charge in [-0.25, -0.2) is 9.97 Å². The molecule has 2 heterocycles. The number of hydrogen-bond acceptors (Lipinski definition) is 3. The molecule has 0 amide bonds. The van der Waals surface area contributed by atoms with E-state index in [0.717, 1.165) is 55.9 Å². The van der Waals surface area contributed by atoms with Crippen molar-refractivity contribution in [3.05, 3.63) is 176 Å². The zero-order valence-corrected chi connectivity index (χ0v) is 25.1. The lowest BCUT2D eigenvalue weighted by Gasteiger charge is -2.12. The van der Waals surface area contributed by atoms with Crippen LogP contribution in [-0.4, -0.2) is 15.0 Å². The Morgan fingerprint density at radius 1 is 0.304 bits per heavy atom. The topological polar surface area (TPSA) is 38.7 Å². The molecule has 46 heavy (non-hydrogen) atoms. The van der Waals surface area contributed by atoms with Gasteiger partial charge in [0.25, 0.3) is 0 Å². The summed E-state index contributed by atoms with van der Waals surface area (Å²) in [6.45, 7) is 0. The summed E-state index contributed by atoms with van der Waals surface area (Å²) in [7, 11) is 0. The molecule has 216 valence electrons. The lowest BCUT2D eigenvalue weighted by molar-refractivity contribution is 1.18. The molecule has 0 aliphatic carbocycles. The van der Waals surface area contributed by atoms with Crippen LogP contribution in [0.25, 0.3) is 78.1 Å². The number of benzene rings is 6. The molecule has 0 aliphatic heterocycles.